The van der Waals surface area contributed by atoms with E-state index in [0.717, 1.165) is 12.8 Å². The number of nitrogens with zero attached hydrogens (tertiary/aromatic N) is 3. The first-order chi connectivity index (χ1) is 11.4. The second-order valence-corrected chi connectivity index (χ2v) is 7.93. The van der Waals surface area contributed by atoms with Gasteiger partial charge in [0.1, 0.15) is 4.90 Å². The van der Waals surface area contributed by atoms with Crippen molar-refractivity contribution < 1.29 is 13.2 Å². The quantitative estimate of drug-likeness (QED) is 0.832. The van der Waals surface area contributed by atoms with Crippen LogP contribution in [-0.2, 0) is 14.8 Å². The van der Waals surface area contributed by atoms with E-state index in [2.05, 4.69) is 4.40 Å². The average Bonchev–Trinajstić information content (AvgIpc) is 3.15. The molecule has 1 heterocycles. The van der Waals surface area contributed by atoms with Crippen molar-refractivity contribution >= 4 is 21.8 Å². The van der Waals surface area contributed by atoms with E-state index in [-0.39, 0.29) is 17.3 Å². The minimum absolute atomic E-state index is 0.0244. The summed E-state index contributed by atoms with van der Waals surface area (Å²) in [5, 5.41) is 0. The maximum Gasteiger partial charge on any atom is 0.285 e. The van der Waals surface area contributed by atoms with Gasteiger partial charge in [-0.15, -0.1) is 4.40 Å². The second-order valence-electron chi connectivity index (χ2n) is 6.36. The van der Waals surface area contributed by atoms with E-state index in [1.54, 1.807) is 36.2 Å². The molecule has 1 aromatic carbocycles. The first kappa shape index (κ1) is 17.0. The number of sulfonamides is 1. The highest BCUT2D eigenvalue weighted by Crippen LogP contribution is 2.27. The predicted molar refractivity (Wildman–Crippen MR) is 92.4 cm³/mol. The zero-order chi connectivity index (χ0) is 17.3. The maximum atomic E-state index is 12.7. The molecule has 0 aromatic heterocycles. The van der Waals surface area contributed by atoms with Crippen molar-refractivity contribution in [3.8, 4) is 0 Å². The van der Waals surface area contributed by atoms with Gasteiger partial charge in [-0.05, 0) is 31.9 Å². The minimum Gasteiger partial charge on any atom is -0.349 e. The van der Waals surface area contributed by atoms with Gasteiger partial charge < -0.3 is 9.80 Å². The van der Waals surface area contributed by atoms with Crippen molar-refractivity contribution in [2.24, 2.45) is 4.40 Å². The van der Waals surface area contributed by atoms with E-state index in [1.807, 2.05) is 11.8 Å². The molecule has 1 saturated carbocycles. The number of rotatable bonds is 4. The van der Waals surface area contributed by atoms with Gasteiger partial charge in [0.15, 0.2) is 5.84 Å². The Morgan fingerprint density at radius 2 is 1.92 bits per heavy atom. The summed E-state index contributed by atoms with van der Waals surface area (Å²) < 4.78 is 28.2. The lowest BCUT2D eigenvalue weighted by molar-refractivity contribution is -0.133. The van der Waals surface area contributed by atoms with Crippen molar-refractivity contribution in [2.45, 2.75) is 43.5 Å². The van der Waals surface area contributed by atoms with Crippen molar-refractivity contribution in [3.05, 3.63) is 29.8 Å². The Labute approximate surface area is 143 Å². The highest BCUT2D eigenvalue weighted by Gasteiger charge is 2.32. The molecule has 1 aliphatic carbocycles. The molecule has 2 aliphatic rings. The van der Waals surface area contributed by atoms with Crippen LogP contribution in [0.25, 0.3) is 0 Å². The zero-order valence-electron chi connectivity index (χ0n) is 14.1. The normalized spacial score (nSPS) is 19.0. The molecule has 0 N–H and O–H groups in total. The minimum atomic E-state index is -3.66. The van der Waals surface area contributed by atoms with Gasteiger partial charge in [-0.1, -0.05) is 25.0 Å². The Morgan fingerprint density at radius 3 is 2.58 bits per heavy atom. The third-order valence-corrected chi connectivity index (χ3v) is 6.10. The van der Waals surface area contributed by atoms with Crippen LogP contribution in [0.3, 0.4) is 0 Å². The van der Waals surface area contributed by atoms with Crippen molar-refractivity contribution in [1.82, 2.24) is 9.80 Å². The number of carbonyl (C=O) groups is 1. The number of amidine groups is 1. The molecule has 1 fully saturated rings. The molecule has 24 heavy (non-hydrogen) atoms. The number of fused-ring (bicyclic) bond motifs is 1. The number of carbonyl (C=O) groups excluding carboxylic acids is 1. The number of hydrogen-bond acceptors (Lipinski definition) is 4. The van der Waals surface area contributed by atoms with Gasteiger partial charge in [-0.3, -0.25) is 4.79 Å². The van der Waals surface area contributed by atoms with Crippen LogP contribution in [0, 0.1) is 0 Å². The summed E-state index contributed by atoms with van der Waals surface area (Å²) in [6, 6.07) is 7.06. The van der Waals surface area contributed by atoms with Crippen LogP contribution in [0.4, 0.5) is 0 Å². The van der Waals surface area contributed by atoms with Crippen LogP contribution >= 0.6 is 0 Å². The third-order valence-electron chi connectivity index (χ3n) is 4.77. The zero-order valence-corrected chi connectivity index (χ0v) is 14.9. The summed E-state index contributed by atoms with van der Waals surface area (Å²) in [6.07, 6.45) is 4.45. The summed E-state index contributed by atoms with van der Waals surface area (Å²) in [4.78, 5) is 16.5. The SMILES string of the molecule is CCN(C(=O)CN(C)C1=NS(=O)(=O)c2ccccc21)C1CCCC1. The van der Waals surface area contributed by atoms with Gasteiger partial charge in [0, 0.05) is 25.2 Å². The predicted octanol–water partition coefficient (Wildman–Crippen LogP) is 1.86. The lowest BCUT2D eigenvalue weighted by atomic mass is 10.2. The van der Waals surface area contributed by atoms with Crippen molar-refractivity contribution in [3.63, 3.8) is 0 Å². The van der Waals surface area contributed by atoms with Crippen LogP contribution in [0.1, 0.15) is 38.2 Å². The molecule has 0 atom stereocenters. The Morgan fingerprint density at radius 1 is 1.25 bits per heavy atom. The first-order valence-corrected chi connectivity index (χ1v) is 9.83. The number of benzene rings is 1. The molecule has 1 aromatic rings. The summed E-state index contributed by atoms with van der Waals surface area (Å²) in [5.41, 5.74) is 0.566. The largest absolute Gasteiger partial charge is 0.349 e. The second kappa shape index (κ2) is 6.55. The number of likely N-dealkylation sites (N-methyl/N-ethyl adjacent to an activating group) is 2. The third kappa shape index (κ3) is 3.05. The average molecular weight is 349 g/mol. The maximum absolute atomic E-state index is 12.7. The van der Waals surface area contributed by atoms with Gasteiger partial charge in [0.05, 0.1) is 6.54 Å². The monoisotopic (exact) mass is 349 g/mol. The molecular formula is C17H23N3O3S. The lowest BCUT2D eigenvalue weighted by Gasteiger charge is -2.30. The molecule has 0 saturated heterocycles. The van der Waals surface area contributed by atoms with Gasteiger partial charge in [-0.25, -0.2) is 0 Å². The van der Waals surface area contributed by atoms with Gasteiger partial charge in [-0.2, -0.15) is 8.42 Å². The van der Waals surface area contributed by atoms with E-state index < -0.39 is 10.0 Å². The topological polar surface area (TPSA) is 70.1 Å². The van der Waals surface area contributed by atoms with E-state index in [9.17, 15) is 13.2 Å². The van der Waals surface area contributed by atoms with Gasteiger partial charge in [0.25, 0.3) is 10.0 Å². The summed E-state index contributed by atoms with van der Waals surface area (Å²) in [6.45, 7) is 2.80. The van der Waals surface area contributed by atoms with E-state index in [4.69, 9.17) is 0 Å². The summed E-state index contributed by atoms with van der Waals surface area (Å²) in [7, 11) is -1.94. The molecule has 0 spiro atoms. The molecule has 0 radical (unpaired) electrons. The lowest BCUT2D eigenvalue weighted by Crippen LogP contribution is -2.45. The van der Waals surface area contributed by atoms with Crippen LogP contribution < -0.4 is 0 Å². The van der Waals surface area contributed by atoms with E-state index in [0.29, 0.717) is 24.0 Å². The Hall–Kier alpha value is -1.89. The fraction of sp³-hybridized carbons (Fsp3) is 0.529. The molecule has 130 valence electrons. The number of amides is 1. The highest BCUT2D eigenvalue weighted by molar-refractivity contribution is 7.90. The molecule has 7 heteroatoms. The smallest absolute Gasteiger partial charge is 0.285 e. The van der Waals surface area contributed by atoms with Gasteiger partial charge in [0.2, 0.25) is 5.91 Å². The van der Waals surface area contributed by atoms with Crippen molar-refractivity contribution in [1.29, 1.82) is 0 Å². The first-order valence-electron chi connectivity index (χ1n) is 8.39. The van der Waals surface area contributed by atoms with E-state index in [1.165, 1.54) is 12.8 Å². The Kier molecular flexibility index (Phi) is 4.62. The fourth-order valence-electron chi connectivity index (χ4n) is 3.59. The number of hydrogen-bond donors (Lipinski definition) is 0. The summed E-state index contributed by atoms with van der Waals surface area (Å²) >= 11 is 0. The fourth-order valence-corrected chi connectivity index (χ4v) is 4.84. The highest BCUT2D eigenvalue weighted by atomic mass is 32.2. The molecule has 1 amide bonds. The van der Waals surface area contributed by atoms with Crippen LogP contribution in [0.5, 0.6) is 0 Å². The molecular weight excluding hydrogens is 326 g/mol. The van der Waals surface area contributed by atoms with Crippen LogP contribution in [0.15, 0.2) is 33.6 Å². The standard InChI is InChI=1S/C17H23N3O3S/c1-3-20(13-8-4-5-9-13)16(21)12-19(2)17-14-10-6-7-11-15(14)24(22,23)18-17/h6-7,10-11,13H,3-5,8-9,12H2,1-2H3. The van der Waals surface area contributed by atoms with E-state index >= 15 is 0 Å². The Bertz CT molecular complexity index is 767. The Balaban J connectivity index is 1.78. The summed E-state index contributed by atoms with van der Waals surface area (Å²) in [5.74, 6) is 0.373. The molecule has 6 nitrogen and oxygen atoms in total. The van der Waals surface area contributed by atoms with Gasteiger partial charge >= 0.3 is 0 Å². The molecule has 3 rings (SSSR count). The molecule has 0 bridgehead atoms. The molecule has 0 unspecified atom stereocenters. The van der Waals surface area contributed by atoms with Crippen LogP contribution in [-0.4, -0.2) is 56.1 Å². The van der Waals surface area contributed by atoms with Crippen LogP contribution in [0.2, 0.25) is 0 Å². The molecule has 1 aliphatic heterocycles. The van der Waals surface area contributed by atoms with Crippen molar-refractivity contribution in [2.75, 3.05) is 20.1 Å².